The molecule has 1 aromatic rings. The molecule has 0 saturated carbocycles. The number of H-pyrrole nitrogens is 1. The SMILES string of the molecule is C=CNc1[nH]ccc1C(C)=NC. The zero-order valence-electron chi connectivity index (χ0n) is 7.39. The summed E-state index contributed by atoms with van der Waals surface area (Å²) in [5, 5.41) is 3.00. The van der Waals surface area contributed by atoms with Crippen molar-refractivity contribution in [3.05, 3.63) is 30.6 Å². The fraction of sp³-hybridized carbons (Fsp3) is 0.222. The molecule has 1 aromatic heterocycles. The molecular formula is C9H13N3. The molecule has 0 aliphatic carbocycles. The normalized spacial score (nSPS) is 11.3. The summed E-state index contributed by atoms with van der Waals surface area (Å²) in [5.74, 6) is 0.938. The van der Waals surface area contributed by atoms with Gasteiger partial charge in [0.15, 0.2) is 0 Å². The predicted molar refractivity (Wildman–Crippen MR) is 52.7 cm³/mol. The van der Waals surface area contributed by atoms with Gasteiger partial charge in [-0.1, -0.05) is 6.58 Å². The highest BCUT2D eigenvalue weighted by Gasteiger charge is 2.03. The number of anilines is 1. The van der Waals surface area contributed by atoms with Crippen LogP contribution in [0.4, 0.5) is 5.82 Å². The number of aliphatic imine (C=N–C) groups is 1. The van der Waals surface area contributed by atoms with Gasteiger partial charge < -0.3 is 10.3 Å². The Morgan fingerprint density at radius 2 is 2.50 bits per heavy atom. The van der Waals surface area contributed by atoms with E-state index in [1.807, 2.05) is 19.2 Å². The summed E-state index contributed by atoms with van der Waals surface area (Å²) in [6.07, 6.45) is 3.51. The molecule has 0 unspecified atom stereocenters. The second kappa shape index (κ2) is 3.76. The Bertz CT molecular complexity index is 296. The van der Waals surface area contributed by atoms with Crippen molar-refractivity contribution in [2.45, 2.75) is 6.92 Å². The van der Waals surface area contributed by atoms with Gasteiger partial charge in [0.05, 0.1) is 0 Å². The molecule has 3 heteroatoms. The first kappa shape index (κ1) is 8.59. The van der Waals surface area contributed by atoms with Crippen LogP contribution in [-0.4, -0.2) is 17.7 Å². The van der Waals surface area contributed by atoms with E-state index < -0.39 is 0 Å². The zero-order valence-corrected chi connectivity index (χ0v) is 7.39. The third kappa shape index (κ3) is 1.56. The van der Waals surface area contributed by atoms with Crippen molar-refractivity contribution in [3.63, 3.8) is 0 Å². The lowest BCUT2D eigenvalue weighted by atomic mass is 10.2. The molecule has 0 spiro atoms. The van der Waals surface area contributed by atoms with Gasteiger partial charge in [-0.05, 0) is 19.2 Å². The summed E-state index contributed by atoms with van der Waals surface area (Å²) in [6, 6.07) is 1.98. The van der Waals surface area contributed by atoms with Crippen LogP contribution in [0.1, 0.15) is 12.5 Å². The van der Waals surface area contributed by atoms with E-state index >= 15 is 0 Å². The molecule has 12 heavy (non-hydrogen) atoms. The fourth-order valence-corrected chi connectivity index (χ4v) is 1.01. The van der Waals surface area contributed by atoms with E-state index in [1.165, 1.54) is 0 Å². The van der Waals surface area contributed by atoms with Crippen LogP contribution in [0.2, 0.25) is 0 Å². The van der Waals surface area contributed by atoms with E-state index in [0.717, 1.165) is 17.1 Å². The Kier molecular flexibility index (Phi) is 2.69. The van der Waals surface area contributed by atoms with Gasteiger partial charge in [-0.25, -0.2) is 0 Å². The van der Waals surface area contributed by atoms with Crippen LogP contribution >= 0.6 is 0 Å². The van der Waals surface area contributed by atoms with Gasteiger partial charge in [-0.2, -0.15) is 0 Å². The number of hydrogen-bond acceptors (Lipinski definition) is 2. The maximum Gasteiger partial charge on any atom is 0.116 e. The van der Waals surface area contributed by atoms with Gasteiger partial charge in [-0.15, -0.1) is 0 Å². The fourth-order valence-electron chi connectivity index (χ4n) is 1.01. The van der Waals surface area contributed by atoms with Crippen molar-refractivity contribution < 1.29 is 0 Å². The molecule has 0 bridgehead atoms. The van der Waals surface area contributed by atoms with Crippen molar-refractivity contribution in [2.24, 2.45) is 4.99 Å². The lowest BCUT2D eigenvalue weighted by Crippen LogP contribution is -1.97. The molecule has 1 heterocycles. The minimum atomic E-state index is 0.938. The van der Waals surface area contributed by atoms with E-state index in [4.69, 9.17) is 0 Å². The molecule has 1 rings (SSSR count). The van der Waals surface area contributed by atoms with Gasteiger partial charge in [0.1, 0.15) is 5.82 Å². The summed E-state index contributed by atoms with van der Waals surface area (Å²) in [7, 11) is 1.78. The maximum atomic E-state index is 4.10. The zero-order chi connectivity index (χ0) is 8.97. The standard InChI is InChI=1S/C9H13N3/c1-4-11-9-8(5-6-12-9)7(2)10-3/h4-6,11-12H,1H2,2-3H3. The first-order valence-corrected chi connectivity index (χ1v) is 3.78. The van der Waals surface area contributed by atoms with Crippen LogP contribution in [0.25, 0.3) is 0 Å². The van der Waals surface area contributed by atoms with Crippen molar-refractivity contribution in [3.8, 4) is 0 Å². The largest absolute Gasteiger partial charge is 0.348 e. The van der Waals surface area contributed by atoms with Crippen molar-refractivity contribution in [1.29, 1.82) is 0 Å². The molecule has 0 aliphatic rings. The Hall–Kier alpha value is -1.51. The average molecular weight is 163 g/mol. The van der Waals surface area contributed by atoms with E-state index in [0.29, 0.717) is 0 Å². The summed E-state index contributed by atoms with van der Waals surface area (Å²) >= 11 is 0. The summed E-state index contributed by atoms with van der Waals surface area (Å²) in [5.41, 5.74) is 2.08. The lowest BCUT2D eigenvalue weighted by Gasteiger charge is -2.01. The minimum absolute atomic E-state index is 0.938. The minimum Gasteiger partial charge on any atom is -0.348 e. The maximum absolute atomic E-state index is 4.10. The Balaban J connectivity index is 2.98. The van der Waals surface area contributed by atoms with E-state index in [2.05, 4.69) is 21.9 Å². The number of aromatic amines is 1. The number of aromatic nitrogens is 1. The molecule has 0 radical (unpaired) electrons. The van der Waals surface area contributed by atoms with Gasteiger partial charge >= 0.3 is 0 Å². The second-order valence-corrected chi connectivity index (χ2v) is 2.42. The predicted octanol–water partition coefficient (Wildman–Crippen LogP) is 2.01. The number of nitrogens with zero attached hydrogens (tertiary/aromatic N) is 1. The summed E-state index contributed by atoms with van der Waals surface area (Å²) < 4.78 is 0. The van der Waals surface area contributed by atoms with Crippen LogP contribution in [0.15, 0.2) is 30.0 Å². The van der Waals surface area contributed by atoms with Crippen molar-refractivity contribution in [1.82, 2.24) is 4.98 Å². The van der Waals surface area contributed by atoms with Gasteiger partial charge in [-0.3, -0.25) is 4.99 Å². The molecule has 0 aliphatic heterocycles. The van der Waals surface area contributed by atoms with Crippen molar-refractivity contribution in [2.75, 3.05) is 12.4 Å². The van der Waals surface area contributed by atoms with Crippen LogP contribution in [0.5, 0.6) is 0 Å². The molecule has 0 aromatic carbocycles. The Morgan fingerprint density at radius 1 is 1.75 bits per heavy atom. The summed E-state index contributed by atoms with van der Waals surface area (Å²) in [4.78, 5) is 7.15. The first-order valence-electron chi connectivity index (χ1n) is 3.78. The van der Waals surface area contributed by atoms with Crippen LogP contribution < -0.4 is 5.32 Å². The first-order chi connectivity index (χ1) is 5.79. The van der Waals surface area contributed by atoms with E-state index in [1.54, 1.807) is 13.2 Å². The van der Waals surface area contributed by atoms with Crippen LogP contribution in [-0.2, 0) is 0 Å². The highest BCUT2D eigenvalue weighted by molar-refractivity contribution is 6.02. The number of rotatable bonds is 3. The average Bonchev–Trinajstić information content (AvgIpc) is 2.52. The molecule has 2 N–H and O–H groups in total. The third-order valence-electron chi connectivity index (χ3n) is 1.72. The molecule has 0 atom stereocenters. The van der Waals surface area contributed by atoms with Crippen LogP contribution in [0, 0.1) is 0 Å². The van der Waals surface area contributed by atoms with Crippen molar-refractivity contribution >= 4 is 11.5 Å². The molecule has 0 fully saturated rings. The smallest absolute Gasteiger partial charge is 0.116 e. The third-order valence-corrected chi connectivity index (χ3v) is 1.72. The molecule has 3 nitrogen and oxygen atoms in total. The van der Waals surface area contributed by atoms with Gasteiger partial charge in [0, 0.05) is 24.5 Å². The Labute approximate surface area is 72.2 Å². The highest BCUT2D eigenvalue weighted by Crippen LogP contribution is 2.13. The summed E-state index contributed by atoms with van der Waals surface area (Å²) in [6.45, 7) is 5.56. The van der Waals surface area contributed by atoms with E-state index in [-0.39, 0.29) is 0 Å². The topological polar surface area (TPSA) is 40.2 Å². The lowest BCUT2D eigenvalue weighted by molar-refractivity contribution is 1.36. The molecular weight excluding hydrogens is 150 g/mol. The second-order valence-electron chi connectivity index (χ2n) is 2.42. The monoisotopic (exact) mass is 163 g/mol. The quantitative estimate of drug-likeness (QED) is 0.657. The van der Waals surface area contributed by atoms with E-state index in [9.17, 15) is 0 Å². The molecule has 64 valence electrons. The molecule has 0 saturated heterocycles. The van der Waals surface area contributed by atoms with Gasteiger partial charge in [0.2, 0.25) is 0 Å². The Morgan fingerprint density at radius 3 is 3.08 bits per heavy atom. The highest BCUT2D eigenvalue weighted by atomic mass is 15.0. The number of hydrogen-bond donors (Lipinski definition) is 2. The number of nitrogens with one attached hydrogen (secondary N) is 2. The van der Waals surface area contributed by atoms with Crippen LogP contribution in [0.3, 0.4) is 0 Å². The molecule has 0 amide bonds. The van der Waals surface area contributed by atoms with Gasteiger partial charge in [0.25, 0.3) is 0 Å².